The number of nitrogens with one attached hydrogen (secondary N) is 3. The zero-order valence-electron chi connectivity index (χ0n) is 17.9. The number of amides is 1. The van der Waals surface area contributed by atoms with Gasteiger partial charge < -0.3 is 20.2 Å². The Morgan fingerprint density at radius 3 is 2.72 bits per heavy atom. The van der Waals surface area contributed by atoms with E-state index in [4.69, 9.17) is 0 Å². The van der Waals surface area contributed by atoms with E-state index >= 15 is 0 Å². The van der Waals surface area contributed by atoms with Gasteiger partial charge in [0.25, 0.3) is 5.91 Å². The topological polar surface area (TPSA) is 85.9 Å². The van der Waals surface area contributed by atoms with E-state index in [-0.39, 0.29) is 29.5 Å². The molecule has 0 unspecified atom stereocenters. The second-order valence-electron chi connectivity index (χ2n) is 8.64. The van der Waals surface area contributed by atoms with Crippen LogP contribution in [0.3, 0.4) is 0 Å². The Morgan fingerprint density at radius 2 is 1.91 bits per heavy atom. The monoisotopic (exact) mass is 435 g/mol. The molecule has 2 aromatic heterocycles. The molecule has 166 valence electrons. The lowest BCUT2D eigenvalue weighted by Gasteiger charge is -2.34. The van der Waals surface area contributed by atoms with Gasteiger partial charge in [-0.25, -0.2) is 9.18 Å². The highest BCUT2D eigenvalue weighted by Crippen LogP contribution is 2.25. The molecular weight excluding hydrogens is 409 g/mol. The van der Waals surface area contributed by atoms with Crippen molar-refractivity contribution in [2.75, 3.05) is 19.6 Å². The average Bonchev–Trinajstić information content (AvgIpc) is 3.34. The molecule has 1 aliphatic rings. The predicted molar refractivity (Wildman–Crippen MR) is 122 cm³/mol. The largest absolute Gasteiger partial charge is 0.351 e. The molecule has 7 nitrogen and oxygen atoms in total. The van der Waals surface area contributed by atoms with Crippen molar-refractivity contribution >= 4 is 27.8 Å². The van der Waals surface area contributed by atoms with Crippen molar-refractivity contribution in [2.24, 2.45) is 0 Å². The average molecular weight is 436 g/mol. The molecule has 3 heterocycles. The van der Waals surface area contributed by atoms with Gasteiger partial charge in [0, 0.05) is 42.6 Å². The van der Waals surface area contributed by atoms with E-state index in [0.29, 0.717) is 11.1 Å². The third-order valence-electron chi connectivity index (χ3n) is 6.28. The van der Waals surface area contributed by atoms with Gasteiger partial charge in [-0.05, 0) is 56.2 Å². The molecule has 8 heteroatoms. The maximum absolute atomic E-state index is 13.4. The molecule has 1 saturated heterocycles. The van der Waals surface area contributed by atoms with Gasteiger partial charge in [-0.2, -0.15) is 0 Å². The lowest BCUT2D eigenvalue weighted by atomic mass is 10.0. The molecule has 3 N–H and O–H groups in total. The van der Waals surface area contributed by atoms with Crippen molar-refractivity contribution in [1.82, 2.24) is 24.8 Å². The molecular formula is C24H26FN5O2. The Labute approximate surface area is 184 Å². The summed E-state index contributed by atoms with van der Waals surface area (Å²) in [7, 11) is 0. The third kappa shape index (κ3) is 3.93. The summed E-state index contributed by atoms with van der Waals surface area (Å²) in [6, 6.07) is 14.0. The highest BCUT2D eigenvalue weighted by Gasteiger charge is 2.25. The summed E-state index contributed by atoms with van der Waals surface area (Å²) in [6.07, 6.45) is 1.77. The molecule has 1 atom stereocenters. The number of hydrogen-bond acceptors (Lipinski definition) is 3. The fourth-order valence-electron chi connectivity index (χ4n) is 4.76. The quantitative estimate of drug-likeness (QED) is 0.449. The number of likely N-dealkylation sites (tertiary alicyclic amines) is 1. The number of carbonyl (C=O) groups is 1. The van der Waals surface area contributed by atoms with Gasteiger partial charge in [0.1, 0.15) is 11.5 Å². The summed E-state index contributed by atoms with van der Waals surface area (Å²) in [4.78, 5) is 33.4. The van der Waals surface area contributed by atoms with Crippen LogP contribution in [0.25, 0.3) is 21.9 Å². The number of aromatic nitrogens is 3. The van der Waals surface area contributed by atoms with Crippen LogP contribution < -0.4 is 11.0 Å². The SMILES string of the molecule is C[C@@H](CN1CCC(n2c(=O)[nH]c3ccccc32)CC1)NC(=O)c1cc2cc(F)ccc2[nH]1. The van der Waals surface area contributed by atoms with Gasteiger partial charge in [-0.3, -0.25) is 9.36 Å². The Morgan fingerprint density at radius 1 is 1.12 bits per heavy atom. The van der Waals surface area contributed by atoms with E-state index < -0.39 is 0 Å². The fraction of sp³-hybridized carbons (Fsp3) is 0.333. The predicted octanol–water partition coefficient (Wildman–Crippen LogP) is 3.41. The minimum Gasteiger partial charge on any atom is -0.351 e. The van der Waals surface area contributed by atoms with Crippen molar-refractivity contribution in [2.45, 2.75) is 31.8 Å². The van der Waals surface area contributed by atoms with Crippen molar-refractivity contribution in [1.29, 1.82) is 0 Å². The van der Waals surface area contributed by atoms with Crippen LogP contribution in [-0.4, -0.2) is 51.0 Å². The second-order valence-corrected chi connectivity index (χ2v) is 8.64. The van der Waals surface area contributed by atoms with Crippen LogP contribution in [0, 0.1) is 5.82 Å². The molecule has 0 spiro atoms. The summed E-state index contributed by atoms with van der Waals surface area (Å²) in [5.41, 5.74) is 2.93. The van der Waals surface area contributed by atoms with Crippen LogP contribution >= 0.6 is 0 Å². The molecule has 1 fully saturated rings. The maximum Gasteiger partial charge on any atom is 0.326 e. The number of nitrogens with zero attached hydrogens (tertiary/aromatic N) is 2. The first kappa shape index (κ1) is 20.5. The molecule has 4 aromatic rings. The van der Waals surface area contributed by atoms with E-state index in [1.807, 2.05) is 35.8 Å². The molecule has 1 amide bonds. The number of benzene rings is 2. The lowest BCUT2D eigenvalue weighted by molar-refractivity contribution is 0.0917. The Balaban J connectivity index is 1.18. The van der Waals surface area contributed by atoms with E-state index in [0.717, 1.165) is 49.0 Å². The third-order valence-corrected chi connectivity index (χ3v) is 6.28. The van der Waals surface area contributed by atoms with Gasteiger partial charge in [-0.1, -0.05) is 12.1 Å². The second kappa shape index (κ2) is 8.27. The first-order valence-corrected chi connectivity index (χ1v) is 11.0. The number of para-hydroxylation sites is 2. The molecule has 0 bridgehead atoms. The van der Waals surface area contributed by atoms with Crippen molar-refractivity contribution in [3.8, 4) is 0 Å². The molecule has 0 radical (unpaired) electrons. The Kier molecular flexibility index (Phi) is 5.30. The molecule has 2 aromatic carbocycles. The number of halogens is 1. The van der Waals surface area contributed by atoms with Crippen LogP contribution in [0.4, 0.5) is 4.39 Å². The van der Waals surface area contributed by atoms with Crippen LogP contribution in [0.1, 0.15) is 36.3 Å². The van der Waals surface area contributed by atoms with Gasteiger partial charge in [0.05, 0.1) is 11.0 Å². The van der Waals surface area contributed by atoms with E-state index in [9.17, 15) is 14.0 Å². The first-order valence-electron chi connectivity index (χ1n) is 11.0. The van der Waals surface area contributed by atoms with Gasteiger partial charge in [0.2, 0.25) is 0 Å². The maximum atomic E-state index is 13.4. The smallest absolute Gasteiger partial charge is 0.326 e. The molecule has 0 saturated carbocycles. The number of carbonyl (C=O) groups excluding carboxylic acids is 1. The number of aromatic amines is 2. The summed E-state index contributed by atoms with van der Waals surface area (Å²) in [5.74, 6) is -0.524. The minimum atomic E-state index is -0.324. The number of H-pyrrole nitrogens is 2. The van der Waals surface area contributed by atoms with Crippen LogP contribution in [0.15, 0.2) is 53.3 Å². The van der Waals surface area contributed by atoms with Crippen molar-refractivity contribution in [3.05, 3.63) is 70.5 Å². The highest BCUT2D eigenvalue weighted by atomic mass is 19.1. The lowest BCUT2D eigenvalue weighted by Crippen LogP contribution is -2.45. The number of fused-ring (bicyclic) bond motifs is 2. The normalized spacial score (nSPS) is 16.6. The van der Waals surface area contributed by atoms with Gasteiger partial charge >= 0.3 is 5.69 Å². The molecule has 5 rings (SSSR count). The number of imidazole rings is 1. The van der Waals surface area contributed by atoms with E-state index in [2.05, 4.69) is 20.2 Å². The van der Waals surface area contributed by atoms with E-state index in [1.165, 1.54) is 12.1 Å². The standard InChI is InChI=1S/C24H26FN5O2/c1-15(26-23(31)21-13-16-12-17(25)6-7-19(16)27-21)14-29-10-8-18(9-11-29)30-22-5-3-2-4-20(22)28-24(30)32/h2-7,12-13,15,18,27H,8-11,14H2,1H3,(H,26,31)(H,28,32)/t15-/m0/s1. The van der Waals surface area contributed by atoms with Crippen LogP contribution in [0.2, 0.25) is 0 Å². The van der Waals surface area contributed by atoms with Gasteiger partial charge in [0.15, 0.2) is 0 Å². The summed E-state index contributed by atoms with van der Waals surface area (Å²) in [5, 5.41) is 3.70. The Hall–Kier alpha value is -3.39. The molecule has 1 aliphatic heterocycles. The summed E-state index contributed by atoms with van der Waals surface area (Å²) < 4.78 is 15.3. The molecule has 32 heavy (non-hydrogen) atoms. The van der Waals surface area contributed by atoms with Crippen LogP contribution in [-0.2, 0) is 0 Å². The van der Waals surface area contributed by atoms with Crippen molar-refractivity contribution in [3.63, 3.8) is 0 Å². The highest BCUT2D eigenvalue weighted by molar-refractivity contribution is 5.98. The number of hydrogen-bond donors (Lipinski definition) is 3. The zero-order valence-corrected chi connectivity index (χ0v) is 17.9. The van der Waals surface area contributed by atoms with E-state index in [1.54, 1.807) is 12.1 Å². The Bertz CT molecular complexity index is 1330. The summed E-state index contributed by atoms with van der Waals surface area (Å²) in [6.45, 7) is 4.44. The van der Waals surface area contributed by atoms with Crippen molar-refractivity contribution < 1.29 is 9.18 Å². The zero-order chi connectivity index (χ0) is 22.2. The number of piperidine rings is 1. The van der Waals surface area contributed by atoms with Gasteiger partial charge in [-0.15, -0.1) is 0 Å². The number of rotatable bonds is 5. The minimum absolute atomic E-state index is 0.0435. The first-order chi connectivity index (χ1) is 15.5. The molecule has 0 aliphatic carbocycles. The van der Waals surface area contributed by atoms with Crippen LogP contribution in [0.5, 0.6) is 0 Å². The summed E-state index contributed by atoms with van der Waals surface area (Å²) >= 11 is 0. The fourth-order valence-corrected chi connectivity index (χ4v) is 4.76.